The van der Waals surface area contributed by atoms with E-state index in [9.17, 15) is 0 Å². The highest BCUT2D eigenvalue weighted by Crippen LogP contribution is 2.28. The largest absolute Gasteiger partial charge is 0.402 e. The average molecular weight is 247 g/mol. The summed E-state index contributed by atoms with van der Waals surface area (Å²) in [6.07, 6.45) is 8.73. The zero-order valence-corrected chi connectivity index (χ0v) is 11.0. The van der Waals surface area contributed by atoms with Gasteiger partial charge in [-0.05, 0) is 38.7 Å². The van der Waals surface area contributed by atoms with Crippen LogP contribution in [-0.2, 0) is 0 Å². The second-order valence-corrected chi connectivity index (χ2v) is 4.86. The molecule has 0 amide bonds. The van der Waals surface area contributed by atoms with Crippen molar-refractivity contribution in [2.45, 2.75) is 39.5 Å². The van der Waals surface area contributed by atoms with Crippen molar-refractivity contribution in [3.63, 3.8) is 0 Å². The molecule has 1 aliphatic carbocycles. The fourth-order valence-corrected chi connectivity index (χ4v) is 2.34. The fraction of sp³-hybridized carbons (Fsp3) is 0.538. The molecule has 0 saturated heterocycles. The van der Waals surface area contributed by atoms with Gasteiger partial charge < -0.3 is 11.1 Å². The number of allylic oxidation sites excluding steroid dienone is 2. The summed E-state index contributed by atoms with van der Waals surface area (Å²) in [5, 5.41) is 7.06. The summed E-state index contributed by atoms with van der Waals surface area (Å²) in [4.78, 5) is 4.46. The molecular formula is C13H21N5. The summed E-state index contributed by atoms with van der Waals surface area (Å²) in [7, 11) is 0. The van der Waals surface area contributed by atoms with Gasteiger partial charge in [0.25, 0.3) is 0 Å². The Morgan fingerprint density at radius 2 is 2.22 bits per heavy atom. The molecule has 1 heterocycles. The normalized spacial score (nSPS) is 22.1. The summed E-state index contributed by atoms with van der Waals surface area (Å²) < 4.78 is 0. The van der Waals surface area contributed by atoms with Gasteiger partial charge in [0.2, 0.25) is 0 Å². The number of rotatable bonds is 3. The molecule has 0 aromatic rings. The van der Waals surface area contributed by atoms with Crippen molar-refractivity contribution in [3.05, 3.63) is 23.8 Å². The lowest BCUT2D eigenvalue weighted by atomic mass is 10.0. The van der Waals surface area contributed by atoms with Crippen LogP contribution < -0.4 is 16.5 Å². The fourth-order valence-electron chi connectivity index (χ4n) is 2.34. The summed E-state index contributed by atoms with van der Waals surface area (Å²) in [5.41, 5.74) is 10.8. The van der Waals surface area contributed by atoms with E-state index in [0.717, 1.165) is 23.1 Å². The van der Waals surface area contributed by atoms with Gasteiger partial charge in [0.15, 0.2) is 0 Å². The van der Waals surface area contributed by atoms with E-state index < -0.39 is 0 Å². The molecule has 18 heavy (non-hydrogen) atoms. The Kier molecular flexibility index (Phi) is 4.02. The molecule has 5 heteroatoms. The van der Waals surface area contributed by atoms with Crippen LogP contribution in [0.2, 0.25) is 0 Å². The topological polar surface area (TPSA) is 74.8 Å². The average Bonchev–Trinajstić information content (AvgIpc) is 2.81. The third-order valence-electron chi connectivity index (χ3n) is 3.24. The lowest BCUT2D eigenvalue weighted by Gasteiger charge is -2.12. The van der Waals surface area contributed by atoms with Gasteiger partial charge in [-0.15, -0.1) is 0 Å². The van der Waals surface area contributed by atoms with Crippen molar-refractivity contribution < 1.29 is 0 Å². The van der Waals surface area contributed by atoms with Crippen LogP contribution in [0.1, 0.15) is 39.5 Å². The van der Waals surface area contributed by atoms with Gasteiger partial charge in [0, 0.05) is 11.4 Å². The lowest BCUT2D eigenvalue weighted by Crippen LogP contribution is -2.26. The predicted molar refractivity (Wildman–Crippen MR) is 74.8 cm³/mol. The second kappa shape index (κ2) is 5.71. The molecule has 1 aliphatic heterocycles. The summed E-state index contributed by atoms with van der Waals surface area (Å²) >= 11 is 0. The smallest absolute Gasteiger partial charge is 0.149 e. The van der Waals surface area contributed by atoms with Gasteiger partial charge in [-0.3, -0.25) is 5.43 Å². The van der Waals surface area contributed by atoms with Crippen molar-refractivity contribution in [2.75, 3.05) is 0 Å². The number of nitrogens with zero attached hydrogens (tertiary/aromatic N) is 2. The van der Waals surface area contributed by atoms with E-state index in [1.165, 1.54) is 25.7 Å². The number of hydrazone groups is 1. The molecule has 2 rings (SSSR count). The van der Waals surface area contributed by atoms with Gasteiger partial charge in [-0.1, -0.05) is 12.8 Å². The summed E-state index contributed by atoms with van der Waals surface area (Å²) in [6, 6.07) is 0. The third-order valence-corrected chi connectivity index (χ3v) is 3.24. The van der Waals surface area contributed by atoms with Crippen LogP contribution in [0.5, 0.6) is 0 Å². The molecule has 0 atom stereocenters. The van der Waals surface area contributed by atoms with E-state index in [0.29, 0.717) is 5.92 Å². The maximum absolute atomic E-state index is 6.11. The zero-order chi connectivity index (χ0) is 13.0. The highest BCUT2D eigenvalue weighted by atomic mass is 15.3. The molecule has 1 saturated carbocycles. The Balaban J connectivity index is 2.00. The molecule has 0 bridgehead atoms. The van der Waals surface area contributed by atoms with Crippen molar-refractivity contribution in [3.8, 4) is 0 Å². The maximum atomic E-state index is 6.11. The third kappa shape index (κ3) is 3.35. The van der Waals surface area contributed by atoms with Gasteiger partial charge in [-0.25, -0.2) is 4.99 Å². The first-order valence-electron chi connectivity index (χ1n) is 6.44. The van der Waals surface area contributed by atoms with Crippen LogP contribution in [0.4, 0.5) is 0 Å². The number of hydrogen-bond acceptors (Lipinski definition) is 5. The Morgan fingerprint density at radius 3 is 2.89 bits per heavy atom. The summed E-state index contributed by atoms with van der Waals surface area (Å²) in [6.45, 7) is 3.85. The van der Waals surface area contributed by atoms with Gasteiger partial charge in [0.05, 0.1) is 6.20 Å². The standard InChI is InChI=1S/C13H21N5/c1-9(7-12(14)11-5-3-4-6-11)16-13-8-15-18-10(2)17-13/h7-8,11,15H,3-6,14H2,1-2H3,(H,17,18). The first kappa shape index (κ1) is 12.7. The minimum absolute atomic E-state index is 0.546. The number of amidine groups is 1. The maximum Gasteiger partial charge on any atom is 0.149 e. The minimum atomic E-state index is 0.546. The van der Waals surface area contributed by atoms with E-state index in [2.05, 4.69) is 20.8 Å². The molecule has 2 aliphatic rings. The Labute approximate surface area is 108 Å². The molecule has 0 unspecified atom stereocenters. The number of aliphatic imine (C=N–C) groups is 1. The molecule has 98 valence electrons. The monoisotopic (exact) mass is 247 g/mol. The van der Waals surface area contributed by atoms with Crippen LogP contribution in [0.25, 0.3) is 0 Å². The Bertz CT molecular complexity index is 425. The number of nitrogens with one attached hydrogen (secondary N) is 2. The number of nitrogens with two attached hydrogens (primary N) is 1. The highest BCUT2D eigenvalue weighted by Gasteiger charge is 2.17. The zero-order valence-electron chi connectivity index (χ0n) is 11.0. The van der Waals surface area contributed by atoms with Crippen LogP contribution in [0, 0.1) is 5.92 Å². The Morgan fingerprint density at radius 1 is 1.50 bits per heavy atom. The van der Waals surface area contributed by atoms with Gasteiger partial charge >= 0.3 is 0 Å². The van der Waals surface area contributed by atoms with E-state index >= 15 is 0 Å². The first-order chi connectivity index (χ1) is 8.65. The van der Waals surface area contributed by atoms with Crippen molar-refractivity contribution >= 4 is 11.5 Å². The molecule has 1 fully saturated rings. The minimum Gasteiger partial charge on any atom is -0.402 e. The SMILES string of the molecule is CC(C=C(N)C1CCCC1)=NC1=CNN=C(C)N1. The van der Waals surface area contributed by atoms with Gasteiger partial charge in [-0.2, -0.15) is 5.10 Å². The van der Waals surface area contributed by atoms with Crippen LogP contribution in [0.3, 0.4) is 0 Å². The lowest BCUT2D eigenvalue weighted by molar-refractivity contribution is 0.635. The molecule has 0 radical (unpaired) electrons. The molecule has 0 spiro atoms. The van der Waals surface area contributed by atoms with E-state index in [1.54, 1.807) is 6.20 Å². The molecular weight excluding hydrogens is 226 g/mol. The predicted octanol–water partition coefficient (Wildman–Crippen LogP) is 1.81. The van der Waals surface area contributed by atoms with Crippen molar-refractivity contribution in [2.24, 2.45) is 21.7 Å². The van der Waals surface area contributed by atoms with E-state index in [1.807, 2.05) is 19.9 Å². The van der Waals surface area contributed by atoms with Crippen LogP contribution in [-0.4, -0.2) is 11.5 Å². The van der Waals surface area contributed by atoms with E-state index in [4.69, 9.17) is 5.73 Å². The molecule has 0 aromatic heterocycles. The molecule has 5 nitrogen and oxygen atoms in total. The van der Waals surface area contributed by atoms with Crippen LogP contribution in [0.15, 0.2) is 33.9 Å². The highest BCUT2D eigenvalue weighted by molar-refractivity contribution is 5.94. The van der Waals surface area contributed by atoms with Gasteiger partial charge in [0.1, 0.15) is 11.7 Å². The first-order valence-corrected chi connectivity index (χ1v) is 6.44. The number of hydrogen-bond donors (Lipinski definition) is 3. The quantitative estimate of drug-likeness (QED) is 0.666. The molecule has 0 aromatic carbocycles. The van der Waals surface area contributed by atoms with Crippen molar-refractivity contribution in [1.82, 2.24) is 10.7 Å². The molecule has 4 N–H and O–H groups in total. The van der Waals surface area contributed by atoms with Crippen molar-refractivity contribution in [1.29, 1.82) is 0 Å². The van der Waals surface area contributed by atoms with E-state index in [-0.39, 0.29) is 0 Å². The van der Waals surface area contributed by atoms with Crippen LogP contribution >= 0.6 is 0 Å². The summed E-state index contributed by atoms with van der Waals surface area (Å²) in [5.74, 6) is 2.11. The Hall–Kier alpha value is -1.78. The second-order valence-electron chi connectivity index (χ2n) is 4.86.